The van der Waals surface area contributed by atoms with E-state index in [1.54, 1.807) is 19.2 Å². The Balaban J connectivity index is 2.38. The molecule has 0 aliphatic heterocycles. The van der Waals surface area contributed by atoms with Gasteiger partial charge in [0.15, 0.2) is 0 Å². The summed E-state index contributed by atoms with van der Waals surface area (Å²) in [5, 5.41) is 0. The molecule has 4 heteroatoms. The Morgan fingerprint density at radius 1 is 1.40 bits per heavy atom. The topological polar surface area (TPSA) is 31.4 Å². The molecule has 15 heavy (non-hydrogen) atoms. The molecule has 3 nitrogen and oxygen atoms in total. The van der Waals surface area contributed by atoms with Crippen LogP contribution in [0.15, 0.2) is 18.2 Å². The number of pyridine rings is 1. The highest BCUT2D eigenvalue weighted by atomic mass is 19.1. The van der Waals surface area contributed by atoms with E-state index in [0.29, 0.717) is 12.5 Å². The van der Waals surface area contributed by atoms with Gasteiger partial charge >= 0.3 is 0 Å². The molecule has 0 saturated carbocycles. The standard InChI is InChI=1S/C11H16FNO2/c1-11(2,14-3)7-8-15-10-6-4-5-9(12)13-10/h4-6H,7-8H2,1-3H3. The lowest BCUT2D eigenvalue weighted by Gasteiger charge is -2.22. The van der Waals surface area contributed by atoms with Gasteiger partial charge in [-0.15, -0.1) is 0 Å². The zero-order valence-corrected chi connectivity index (χ0v) is 9.29. The van der Waals surface area contributed by atoms with Crippen LogP contribution in [0, 0.1) is 5.95 Å². The fraction of sp³-hybridized carbons (Fsp3) is 0.545. The van der Waals surface area contributed by atoms with Crippen molar-refractivity contribution in [2.45, 2.75) is 25.9 Å². The van der Waals surface area contributed by atoms with Crippen LogP contribution in [0.25, 0.3) is 0 Å². The van der Waals surface area contributed by atoms with Crippen LogP contribution in [0.3, 0.4) is 0 Å². The van der Waals surface area contributed by atoms with Crippen LogP contribution < -0.4 is 4.74 Å². The predicted octanol–water partition coefficient (Wildman–Crippen LogP) is 2.41. The van der Waals surface area contributed by atoms with Crippen LogP contribution in [0.5, 0.6) is 5.88 Å². The minimum atomic E-state index is -0.529. The second-order valence-corrected chi connectivity index (χ2v) is 3.86. The molecular weight excluding hydrogens is 197 g/mol. The average Bonchev–Trinajstić information content (AvgIpc) is 2.18. The lowest BCUT2D eigenvalue weighted by molar-refractivity contribution is 0.00503. The highest BCUT2D eigenvalue weighted by molar-refractivity contribution is 5.10. The summed E-state index contributed by atoms with van der Waals surface area (Å²) in [5.74, 6) is -0.222. The molecule has 1 aromatic heterocycles. The molecule has 0 amide bonds. The van der Waals surface area contributed by atoms with Gasteiger partial charge in [0, 0.05) is 19.6 Å². The first-order valence-corrected chi connectivity index (χ1v) is 4.84. The van der Waals surface area contributed by atoms with Crippen LogP contribution in [0.1, 0.15) is 20.3 Å². The number of hydrogen-bond donors (Lipinski definition) is 0. The van der Waals surface area contributed by atoms with Crippen LogP contribution in [-0.2, 0) is 4.74 Å². The number of hydrogen-bond acceptors (Lipinski definition) is 3. The van der Waals surface area contributed by atoms with E-state index in [-0.39, 0.29) is 5.60 Å². The highest BCUT2D eigenvalue weighted by Gasteiger charge is 2.16. The molecule has 0 aromatic carbocycles. The SMILES string of the molecule is COC(C)(C)CCOc1cccc(F)n1. The minimum absolute atomic E-state index is 0.229. The lowest BCUT2D eigenvalue weighted by atomic mass is 10.1. The Labute approximate surface area is 89.2 Å². The maximum absolute atomic E-state index is 12.7. The molecule has 1 heterocycles. The van der Waals surface area contributed by atoms with E-state index in [1.165, 1.54) is 6.07 Å². The van der Waals surface area contributed by atoms with Crippen molar-refractivity contribution < 1.29 is 13.9 Å². The van der Waals surface area contributed by atoms with E-state index in [2.05, 4.69) is 4.98 Å². The van der Waals surface area contributed by atoms with Gasteiger partial charge in [0.25, 0.3) is 0 Å². The smallest absolute Gasteiger partial charge is 0.216 e. The maximum atomic E-state index is 12.7. The average molecular weight is 213 g/mol. The zero-order valence-electron chi connectivity index (χ0n) is 9.29. The summed E-state index contributed by atoms with van der Waals surface area (Å²) in [7, 11) is 1.65. The van der Waals surface area contributed by atoms with E-state index >= 15 is 0 Å². The third-order valence-corrected chi connectivity index (χ3v) is 2.20. The Hall–Kier alpha value is -1.16. The van der Waals surface area contributed by atoms with Crippen molar-refractivity contribution in [2.75, 3.05) is 13.7 Å². The molecular formula is C11H16FNO2. The molecule has 0 aliphatic rings. The van der Waals surface area contributed by atoms with Crippen LogP contribution in [0.2, 0.25) is 0 Å². The first kappa shape index (κ1) is 11.9. The van der Waals surface area contributed by atoms with Gasteiger partial charge in [-0.2, -0.15) is 9.37 Å². The molecule has 0 radical (unpaired) electrons. The molecule has 0 bridgehead atoms. The third-order valence-electron chi connectivity index (χ3n) is 2.20. The number of aromatic nitrogens is 1. The summed E-state index contributed by atoms with van der Waals surface area (Å²) in [6, 6.07) is 4.48. The maximum Gasteiger partial charge on any atom is 0.216 e. The van der Waals surface area contributed by atoms with Gasteiger partial charge in [-0.25, -0.2) is 0 Å². The van der Waals surface area contributed by atoms with Gasteiger partial charge in [0.05, 0.1) is 12.2 Å². The molecule has 1 rings (SSSR count). The quantitative estimate of drug-likeness (QED) is 0.704. The van der Waals surface area contributed by atoms with Crippen LogP contribution >= 0.6 is 0 Å². The van der Waals surface area contributed by atoms with Gasteiger partial charge in [-0.3, -0.25) is 0 Å². The summed E-state index contributed by atoms with van der Waals surface area (Å²) in [6.45, 7) is 4.39. The minimum Gasteiger partial charge on any atom is -0.477 e. The van der Waals surface area contributed by atoms with Gasteiger partial charge in [0.2, 0.25) is 11.8 Å². The Morgan fingerprint density at radius 3 is 2.73 bits per heavy atom. The zero-order chi connectivity index (χ0) is 11.3. The Morgan fingerprint density at radius 2 is 2.13 bits per heavy atom. The van der Waals surface area contributed by atoms with E-state index in [9.17, 15) is 4.39 Å². The van der Waals surface area contributed by atoms with Crippen molar-refractivity contribution in [1.82, 2.24) is 4.98 Å². The third kappa shape index (κ3) is 4.25. The first-order valence-electron chi connectivity index (χ1n) is 4.84. The number of rotatable bonds is 5. The molecule has 0 N–H and O–H groups in total. The second kappa shape index (κ2) is 5.07. The largest absolute Gasteiger partial charge is 0.477 e. The second-order valence-electron chi connectivity index (χ2n) is 3.86. The van der Waals surface area contributed by atoms with Crippen LogP contribution in [-0.4, -0.2) is 24.3 Å². The van der Waals surface area contributed by atoms with Crippen molar-refractivity contribution >= 4 is 0 Å². The summed E-state index contributed by atoms with van der Waals surface area (Å²) in [6.07, 6.45) is 0.724. The summed E-state index contributed by atoms with van der Waals surface area (Å²) >= 11 is 0. The molecule has 0 saturated heterocycles. The fourth-order valence-electron chi connectivity index (χ4n) is 0.973. The molecule has 0 unspecified atom stereocenters. The number of methoxy groups -OCH3 is 1. The highest BCUT2D eigenvalue weighted by Crippen LogP contribution is 2.14. The number of nitrogens with zero attached hydrogens (tertiary/aromatic N) is 1. The van der Waals surface area contributed by atoms with Gasteiger partial charge in [0.1, 0.15) is 0 Å². The van der Waals surface area contributed by atoms with E-state index in [1.807, 2.05) is 13.8 Å². The number of halogens is 1. The Kier molecular flexibility index (Phi) is 4.03. The molecule has 0 spiro atoms. The molecule has 0 atom stereocenters. The van der Waals surface area contributed by atoms with Gasteiger partial charge in [-0.1, -0.05) is 6.07 Å². The van der Waals surface area contributed by atoms with E-state index in [0.717, 1.165) is 6.42 Å². The normalized spacial score (nSPS) is 11.5. The Bertz CT molecular complexity index is 315. The van der Waals surface area contributed by atoms with Crippen LogP contribution in [0.4, 0.5) is 4.39 Å². The van der Waals surface area contributed by atoms with Gasteiger partial charge in [-0.05, 0) is 19.9 Å². The molecule has 84 valence electrons. The van der Waals surface area contributed by atoms with Crippen molar-refractivity contribution in [3.05, 3.63) is 24.1 Å². The summed E-state index contributed by atoms with van der Waals surface area (Å²) < 4.78 is 23.2. The molecule has 1 aromatic rings. The van der Waals surface area contributed by atoms with Crippen molar-refractivity contribution in [3.8, 4) is 5.88 Å². The van der Waals surface area contributed by atoms with E-state index in [4.69, 9.17) is 9.47 Å². The molecule has 0 aliphatic carbocycles. The lowest BCUT2D eigenvalue weighted by Crippen LogP contribution is -2.25. The number of ether oxygens (including phenoxy) is 2. The van der Waals surface area contributed by atoms with Crippen molar-refractivity contribution in [1.29, 1.82) is 0 Å². The molecule has 0 fully saturated rings. The predicted molar refractivity (Wildman–Crippen MR) is 55.4 cm³/mol. The van der Waals surface area contributed by atoms with Crippen molar-refractivity contribution in [2.24, 2.45) is 0 Å². The summed E-state index contributed by atoms with van der Waals surface area (Å²) in [5.41, 5.74) is -0.229. The van der Waals surface area contributed by atoms with Crippen molar-refractivity contribution in [3.63, 3.8) is 0 Å². The van der Waals surface area contributed by atoms with E-state index < -0.39 is 5.95 Å². The van der Waals surface area contributed by atoms with Gasteiger partial charge < -0.3 is 9.47 Å². The monoisotopic (exact) mass is 213 g/mol. The first-order chi connectivity index (χ1) is 7.03. The summed E-state index contributed by atoms with van der Waals surface area (Å²) in [4.78, 5) is 3.59. The fourth-order valence-corrected chi connectivity index (χ4v) is 0.973.